The summed E-state index contributed by atoms with van der Waals surface area (Å²) in [5, 5.41) is 13.3. The van der Waals surface area contributed by atoms with Crippen LogP contribution >= 0.6 is 11.8 Å². The fourth-order valence-electron chi connectivity index (χ4n) is 3.32. The lowest BCUT2D eigenvalue weighted by Crippen LogP contribution is -2.14. The summed E-state index contributed by atoms with van der Waals surface area (Å²) in [5.41, 5.74) is 5.15. The molecule has 1 aromatic heterocycles. The van der Waals surface area contributed by atoms with Gasteiger partial charge in [0.2, 0.25) is 5.91 Å². The first kappa shape index (κ1) is 22.3. The summed E-state index contributed by atoms with van der Waals surface area (Å²) < 4.78 is 13.5. The van der Waals surface area contributed by atoms with Gasteiger partial charge in [0.05, 0.1) is 17.0 Å². The Hall–Kier alpha value is -3.95. The zero-order chi connectivity index (χ0) is 23.2. The highest BCUT2D eigenvalue weighted by Gasteiger charge is 2.17. The number of benzene rings is 3. The molecule has 0 unspecified atom stereocenters. The predicted octanol–water partition coefficient (Wildman–Crippen LogP) is 6.47. The lowest BCUT2D eigenvalue weighted by Gasteiger charge is -2.13. The number of rotatable bonds is 6. The fraction of sp³-hybridized carbons (Fsp3) is 0.0741. The number of hydrogen-bond donors (Lipinski definition) is 1. The van der Waals surface area contributed by atoms with E-state index in [9.17, 15) is 14.4 Å². The second-order valence-corrected chi connectivity index (χ2v) is 8.39. The molecule has 0 aliphatic heterocycles. The van der Waals surface area contributed by atoms with Crippen molar-refractivity contribution in [3.8, 4) is 28.5 Å². The Morgan fingerprint density at radius 1 is 1.00 bits per heavy atom. The van der Waals surface area contributed by atoms with Crippen molar-refractivity contribution < 1.29 is 9.18 Å². The van der Waals surface area contributed by atoms with Crippen LogP contribution in [0.25, 0.3) is 22.4 Å². The van der Waals surface area contributed by atoms with Gasteiger partial charge in [-0.05, 0) is 55.0 Å². The summed E-state index contributed by atoms with van der Waals surface area (Å²) in [6.45, 7) is 2.00. The van der Waals surface area contributed by atoms with E-state index < -0.39 is 0 Å². The molecule has 0 radical (unpaired) electrons. The number of halogens is 1. The highest BCUT2D eigenvalue weighted by molar-refractivity contribution is 8.00. The SMILES string of the molecule is Cc1ccc(-c2cc(-c3ccc(F)cc3)nc(SCC(=O)Nc3ccccc3)c2C#N)cc1. The molecule has 4 aromatic rings. The first-order valence-corrected chi connectivity index (χ1v) is 11.3. The van der Waals surface area contributed by atoms with E-state index in [1.54, 1.807) is 12.1 Å². The second kappa shape index (κ2) is 10.1. The van der Waals surface area contributed by atoms with Crippen molar-refractivity contribution in [2.45, 2.75) is 11.9 Å². The van der Waals surface area contributed by atoms with Crippen molar-refractivity contribution in [2.24, 2.45) is 0 Å². The zero-order valence-electron chi connectivity index (χ0n) is 17.9. The molecule has 0 aliphatic rings. The minimum absolute atomic E-state index is 0.0940. The van der Waals surface area contributed by atoms with Crippen LogP contribution in [-0.4, -0.2) is 16.6 Å². The second-order valence-electron chi connectivity index (χ2n) is 7.42. The van der Waals surface area contributed by atoms with Gasteiger partial charge in [-0.25, -0.2) is 9.37 Å². The number of thioether (sulfide) groups is 1. The molecule has 6 heteroatoms. The molecule has 4 rings (SSSR count). The molecule has 0 fully saturated rings. The molecular formula is C27H20FN3OS. The van der Waals surface area contributed by atoms with Gasteiger partial charge in [0.25, 0.3) is 0 Å². The lowest BCUT2D eigenvalue weighted by atomic mass is 9.98. The number of nitriles is 1. The number of aromatic nitrogens is 1. The minimum atomic E-state index is -0.335. The molecule has 1 heterocycles. The molecule has 1 amide bonds. The smallest absolute Gasteiger partial charge is 0.234 e. The van der Waals surface area contributed by atoms with Gasteiger partial charge in [-0.1, -0.05) is 59.8 Å². The number of para-hydroxylation sites is 1. The molecule has 0 aliphatic carbocycles. The molecule has 0 bridgehead atoms. The number of anilines is 1. The number of aryl methyl sites for hydroxylation is 1. The van der Waals surface area contributed by atoms with Crippen molar-refractivity contribution in [3.63, 3.8) is 0 Å². The van der Waals surface area contributed by atoms with Crippen LogP contribution in [0.15, 0.2) is 90.0 Å². The molecule has 1 N–H and O–H groups in total. The highest BCUT2D eigenvalue weighted by atomic mass is 32.2. The van der Waals surface area contributed by atoms with E-state index in [1.165, 1.54) is 23.9 Å². The van der Waals surface area contributed by atoms with Crippen molar-refractivity contribution >= 4 is 23.4 Å². The summed E-state index contributed by atoms with van der Waals surface area (Å²) in [6.07, 6.45) is 0. The highest BCUT2D eigenvalue weighted by Crippen LogP contribution is 2.34. The number of amides is 1. The van der Waals surface area contributed by atoms with Crippen molar-refractivity contribution in [1.82, 2.24) is 4.98 Å². The van der Waals surface area contributed by atoms with Crippen LogP contribution in [0.1, 0.15) is 11.1 Å². The Balaban J connectivity index is 1.71. The number of nitrogens with one attached hydrogen (secondary N) is 1. The van der Waals surface area contributed by atoms with Crippen molar-refractivity contribution in [2.75, 3.05) is 11.1 Å². The Labute approximate surface area is 196 Å². The molecule has 4 nitrogen and oxygen atoms in total. The third-order valence-electron chi connectivity index (χ3n) is 5.00. The summed E-state index contributed by atoms with van der Waals surface area (Å²) in [6, 6.07) is 27.2. The fourth-order valence-corrected chi connectivity index (χ4v) is 4.12. The Bertz CT molecular complexity index is 1310. The topological polar surface area (TPSA) is 65.8 Å². The van der Waals surface area contributed by atoms with E-state index in [2.05, 4.69) is 16.4 Å². The molecule has 162 valence electrons. The lowest BCUT2D eigenvalue weighted by molar-refractivity contribution is -0.113. The average molecular weight is 454 g/mol. The number of hydrogen-bond acceptors (Lipinski definition) is 4. The molecule has 0 spiro atoms. The van der Waals surface area contributed by atoms with E-state index in [-0.39, 0.29) is 17.5 Å². The Kier molecular flexibility index (Phi) is 6.82. The van der Waals surface area contributed by atoms with Crippen LogP contribution in [-0.2, 0) is 4.79 Å². The van der Waals surface area contributed by atoms with Crippen LogP contribution in [0.3, 0.4) is 0 Å². The Morgan fingerprint density at radius 3 is 2.33 bits per heavy atom. The Morgan fingerprint density at radius 2 is 1.67 bits per heavy atom. The van der Waals surface area contributed by atoms with Gasteiger partial charge < -0.3 is 5.32 Å². The van der Waals surface area contributed by atoms with Crippen LogP contribution in [0.4, 0.5) is 10.1 Å². The monoisotopic (exact) mass is 453 g/mol. The van der Waals surface area contributed by atoms with Gasteiger partial charge in [0, 0.05) is 16.8 Å². The van der Waals surface area contributed by atoms with Crippen LogP contribution < -0.4 is 5.32 Å². The largest absolute Gasteiger partial charge is 0.325 e. The number of carbonyl (C=O) groups excluding carboxylic acids is 1. The first-order valence-electron chi connectivity index (χ1n) is 10.3. The maximum absolute atomic E-state index is 13.5. The van der Waals surface area contributed by atoms with Crippen LogP contribution in [0.5, 0.6) is 0 Å². The van der Waals surface area contributed by atoms with Gasteiger partial charge in [-0.3, -0.25) is 4.79 Å². The van der Waals surface area contributed by atoms with E-state index >= 15 is 0 Å². The number of nitrogens with zero attached hydrogens (tertiary/aromatic N) is 2. The van der Waals surface area contributed by atoms with Gasteiger partial charge in [0.15, 0.2) is 0 Å². The van der Waals surface area contributed by atoms with Crippen molar-refractivity contribution in [1.29, 1.82) is 5.26 Å². The third-order valence-corrected chi connectivity index (χ3v) is 5.97. The molecule has 0 saturated heterocycles. The first-order chi connectivity index (χ1) is 16.0. The van der Waals surface area contributed by atoms with E-state index in [0.29, 0.717) is 22.0 Å². The quantitative estimate of drug-likeness (QED) is 0.340. The van der Waals surface area contributed by atoms with Gasteiger partial charge in [0.1, 0.15) is 16.9 Å². The normalized spacial score (nSPS) is 10.5. The summed E-state index contributed by atoms with van der Waals surface area (Å²) >= 11 is 1.20. The van der Waals surface area contributed by atoms with E-state index in [4.69, 9.17) is 0 Å². The average Bonchev–Trinajstić information content (AvgIpc) is 2.84. The number of pyridine rings is 1. The van der Waals surface area contributed by atoms with Gasteiger partial charge >= 0.3 is 0 Å². The maximum atomic E-state index is 13.5. The third kappa shape index (κ3) is 5.46. The summed E-state index contributed by atoms with van der Waals surface area (Å²) in [4.78, 5) is 17.2. The molecule has 3 aromatic carbocycles. The summed E-state index contributed by atoms with van der Waals surface area (Å²) in [5.74, 6) is -0.434. The maximum Gasteiger partial charge on any atom is 0.234 e. The standard InChI is InChI=1S/C27H20FN3OS/c1-18-7-9-19(10-8-18)23-15-25(20-11-13-21(28)14-12-20)31-27(24(23)16-29)33-17-26(32)30-22-5-3-2-4-6-22/h2-15H,17H2,1H3,(H,30,32). The van der Waals surface area contributed by atoms with E-state index in [0.717, 1.165) is 22.3 Å². The molecule has 0 saturated carbocycles. The summed E-state index contributed by atoms with van der Waals surface area (Å²) in [7, 11) is 0. The van der Waals surface area contributed by atoms with Crippen LogP contribution in [0.2, 0.25) is 0 Å². The number of carbonyl (C=O) groups is 1. The molecule has 0 atom stereocenters. The molecule has 33 heavy (non-hydrogen) atoms. The van der Waals surface area contributed by atoms with Gasteiger partial charge in [-0.2, -0.15) is 5.26 Å². The minimum Gasteiger partial charge on any atom is -0.325 e. The van der Waals surface area contributed by atoms with Crippen molar-refractivity contribution in [3.05, 3.63) is 102 Å². The molecular weight excluding hydrogens is 433 g/mol. The van der Waals surface area contributed by atoms with Gasteiger partial charge in [-0.15, -0.1) is 0 Å². The predicted molar refractivity (Wildman–Crippen MR) is 130 cm³/mol. The van der Waals surface area contributed by atoms with E-state index in [1.807, 2.05) is 67.6 Å². The zero-order valence-corrected chi connectivity index (χ0v) is 18.7. The van der Waals surface area contributed by atoms with Crippen LogP contribution in [0, 0.1) is 24.1 Å².